The van der Waals surface area contributed by atoms with Crippen LogP contribution in [0.5, 0.6) is 0 Å². The summed E-state index contributed by atoms with van der Waals surface area (Å²) in [6.07, 6.45) is 3.25. The van der Waals surface area contributed by atoms with Crippen molar-refractivity contribution in [2.24, 2.45) is 0 Å². The maximum Gasteiger partial charge on any atom is 0.0653 e. The zero-order valence-electron chi connectivity index (χ0n) is 6.25. The predicted molar refractivity (Wildman–Crippen MR) is 47.7 cm³/mol. The van der Waals surface area contributed by atoms with Crippen LogP contribution in [0.25, 0.3) is 5.57 Å². The van der Waals surface area contributed by atoms with E-state index in [2.05, 4.69) is 23.6 Å². The summed E-state index contributed by atoms with van der Waals surface area (Å²) in [6.45, 7) is 1.66. The molecule has 0 amide bonds. The minimum atomic E-state index is 0.785. The van der Waals surface area contributed by atoms with Gasteiger partial charge in [0, 0.05) is 4.88 Å². The van der Waals surface area contributed by atoms with Gasteiger partial charge in [-0.25, -0.2) is 0 Å². The van der Waals surface area contributed by atoms with Crippen LogP contribution in [0, 0.1) is 0 Å². The van der Waals surface area contributed by atoms with E-state index in [1.807, 2.05) is 0 Å². The number of rotatable bonds is 1. The van der Waals surface area contributed by atoms with Gasteiger partial charge in [0.2, 0.25) is 0 Å². The van der Waals surface area contributed by atoms with Gasteiger partial charge in [0.05, 0.1) is 13.2 Å². The maximum atomic E-state index is 5.23. The molecule has 0 atom stereocenters. The van der Waals surface area contributed by atoms with Crippen LogP contribution < -0.4 is 0 Å². The van der Waals surface area contributed by atoms with Crippen molar-refractivity contribution in [3.05, 3.63) is 28.5 Å². The fraction of sp³-hybridized carbons (Fsp3) is 0.333. The Kier molecular flexibility index (Phi) is 2.06. The van der Waals surface area contributed by atoms with Crippen LogP contribution in [-0.4, -0.2) is 13.2 Å². The molecule has 2 heterocycles. The third-order valence-corrected chi connectivity index (χ3v) is 2.75. The van der Waals surface area contributed by atoms with Crippen LogP contribution in [0.3, 0.4) is 0 Å². The lowest BCUT2D eigenvalue weighted by atomic mass is 10.1. The third kappa shape index (κ3) is 1.52. The van der Waals surface area contributed by atoms with Crippen molar-refractivity contribution in [2.75, 3.05) is 13.2 Å². The largest absolute Gasteiger partial charge is 0.377 e. The summed E-state index contributed by atoms with van der Waals surface area (Å²) >= 11 is 1.81. The first kappa shape index (κ1) is 7.07. The van der Waals surface area contributed by atoms with E-state index in [-0.39, 0.29) is 0 Å². The van der Waals surface area contributed by atoms with E-state index in [0.29, 0.717) is 0 Å². The van der Waals surface area contributed by atoms with E-state index in [0.717, 1.165) is 19.6 Å². The molecule has 0 fully saturated rings. The van der Waals surface area contributed by atoms with Crippen molar-refractivity contribution in [3.63, 3.8) is 0 Å². The van der Waals surface area contributed by atoms with Crippen molar-refractivity contribution >= 4 is 16.9 Å². The SMILES string of the molecule is C1=C(c2cccs2)CCOC1. The molecule has 58 valence electrons. The first-order chi connectivity index (χ1) is 5.47. The zero-order chi connectivity index (χ0) is 7.52. The molecule has 0 N–H and O–H groups in total. The minimum Gasteiger partial charge on any atom is -0.377 e. The second kappa shape index (κ2) is 3.20. The minimum absolute atomic E-state index is 0.785. The molecule has 0 radical (unpaired) electrons. The normalized spacial score (nSPS) is 18.0. The average Bonchev–Trinajstić information content (AvgIpc) is 2.58. The first-order valence-corrected chi connectivity index (χ1v) is 4.65. The fourth-order valence-electron chi connectivity index (χ4n) is 1.21. The van der Waals surface area contributed by atoms with Crippen LogP contribution in [-0.2, 0) is 4.74 Å². The van der Waals surface area contributed by atoms with E-state index in [1.165, 1.54) is 10.5 Å². The second-order valence-corrected chi connectivity index (χ2v) is 3.48. The molecule has 1 aliphatic rings. The maximum absolute atomic E-state index is 5.23. The Morgan fingerprint density at radius 1 is 1.45 bits per heavy atom. The van der Waals surface area contributed by atoms with Crippen molar-refractivity contribution in [1.82, 2.24) is 0 Å². The van der Waals surface area contributed by atoms with Crippen molar-refractivity contribution in [2.45, 2.75) is 6.42 Å². The van der Waals surface area contributed by atoms with Crippen molar-refractivity contribution in [1.29, 1.82) is 0 Å². The quantitative estimate of drug-likeness (QED) is 0.623. The zero-order valence-corrected chi connectivity index (χ0v) is 7.06. The molecule has 1 nitrogen and oxygen atoms in total. The van der Waals surface area contributed by atoms with Gasteiger partial charge in [0.15, 0.2) is 0 Å². The molecule has 0 bridgehead atoms. The fourth-order valence-corrected chi connectivity index (χ4v) is 2.01. The summed E-state index contributed by atoms with van der Waals surface area (Å²) in [6, 6.07) is 4.26. The highest BCUT2D eigenvalue weighted by Crippen LogP contribution is 2.24. The Morgan fingerprint density at radius 3 is 3.09 bits per heavy atom. The van der Waals surface area contributed by atoms with Crippen molar-refractivity contribution in [3.8, 4) is 0 Å². The van der Waals surface area contributed by atoms with Crippen molar-refractivity contribution < 1.29 is 4.74 Å². The second-order valence-electron chi connectivity index (χ2n) is 2.53. The number of hydrogen-bond acceptors (Lipinski definition) is 2. The Morgan fingerprint density at radius 2 is 2.45 bits per heavy atom. The van der Waals surface area contributed by atoms with E-state index in [9.17, 15) is 0 Å². The molecule has 11 heavy (non-hydrogen) atoms. The molecule has 0 saturated carbocycles. The van der Waals surface area contributed by atoms with Crippen LogP contribution in [0.15, 0.2) is 23.6 Å². The van der Waals surface area contributed by atoms with E-state index < -0.39 is 0 Å². The lowest BCUT2D eigenvalue weighted by Gasteiger charge is -2.11. The molecule has 0 spiro atoms. The lowest BCUT2D eigenvalue weighted by molar-refractivity contribution is 0.161. The van der Waals surface area contributed by atoms with Gasteiger partial charge in [0.1, 0.15) is 0 Å². The van der Waals surface area contributed by atoms with E-state index in [1.54, 1.807) is 11.3 Å². The average molecular weight is 166 g/mol. The number of thiophene rings is 1. The lowest BCUT2D eigenvalue weighted by Crippen LogP contribution is -2.02. The summed E-state index contributed by atoms with van der Waals surface area (Å²) in [5.41, 5.74) is 1.45. The Bertz CT molecular complexity index is 249. The number of hydrogen-bond donors (Lipinski definition) is 0. The van der Waals surface area contributed by atoms with Crippen LogP contribution in [0.4, 0.5) is 0 Å². The van der Waals surface area contributed by atoms with Gasteiger partial charge in [-0.2, -0.15) is 0 Å². The summed E-state index contributed by atoms with van der Waals surface area (Å²) in [5, 5.41) is 2.12. The van der Waals surface area contributed by atoms with Gasteiger partial charge in [-0.05, 0) is 23.4 Å². The molecule has 1 aromatic rings. The predicted octanol–water partition coefficient (Wildman–Crippen LogP) is 2.55. The molecular weight excluding hydrogens is 156 g/mol. The van der Waals surface area contributed by atoms with Crippen LogP contribution in [0.2, 0.25) is 0 Å². The van der Waals surface area contributed by atoms with Gasteiger partial charge in [0.25, 0.3) is 0 Å². The van der Waals surface area contributed by atoms with Crippen LogP contribution in [0.1, 0.15) is 11.3 Å². The molecule has 0 saturated heterocycles. The Hall–Kier alpha value is -0.600. The standard InChI is InChI=1S/C9H10OS/c1-2-9(11-7-1)8-3-5-10-6-4-8/h1-3,7H,4-6H2. The molecule has 0 aliphatic carbocycles. The van der Waals surface area contributed by atoms with E-state index >= 15 is 0 Å². The first-order valence-electron chi connectivity index (χ1n) is 3.77. The smallest absolute Gasteiger partial charge is 0.0653 e. The third-order valence-electron chi connectivity index (χ3n) is 1.80. The molecule has 0 unspecified atom stereocenters. The molecule has 1 aliphatic heterocycles. The topological polar surface area (TPSA) is 9.23 Å². The molecule has 0 aromatic carbocycles. The highest BCUT2D eigenvalue weighted by Gasteiger charge is 2.05. The highest BCUT2D eigenvalue weighted by atomic mass is 32.1. The van der Waals surface area contributed by atoms with Crippen LogP contribution >= 0.6 is 11.3 Å². The van der Waals surface area contributed by atoms with E-state index in [4.69, 9.17) is 4.74 Å². The Balaban J connectivity index is 2.22. The molecule has 2 heteroatoms. The summed E-state index contributed by atoms with van der Waals surface area (Å²) in [7, 11) is 0. The summed E-state index contributed by atoms with van der Waals surface area (Å²) in [4.78, 5) is 1.40. The molecule has 1 aromatic heterocycles. The van der Waals surface area contributed by atoms with Gasteiger partial charge >= 0.3 is 0 Å². The summed E-state index contributed by atoms with van der Waals surface area (Å²) < 4.78 is 5.23. The molecule has 2 rings (SSSR count). The van der Waals surface area contributed by atoms with Gasteiger partial charge < -0.3 is 4.74 Å². The van der Waals surface area contributed by atoms with Gasteiger partial charge in [-0.15, -0.1) is 11.3 Å². The Labute approximate surface area is 70.3 Å². The van der Waals surface area contributed by atoms with Gasteiger partial charge in [-0.3, -0.25) is 0 Å². The number of ether oxygens (including phenoxy) is 1. The highest BCUT2D eigenvalue weighted by molar-refractivity contribution is 7.11. The van der Waals surface area contributed by atoms with Gasteiger partial charge in [-0.1, -0.05) is 12.1 Å². The monoisotopic (exact) mass is 166 g/mol. The summed E-state index contributed by atoms with van der Waals surface area (Å²) in [5.74, 6) is 0. The molecular formula is C9H10OS.